The van der Waals surface area contributed by atoms with Crippen LogP contribution >= 0.6 is 11.8 Å². The Bertz CT molecular complexity index is 987. The number of hydrogen-bond donors (Lipinski definition) is 3. The summed E-state index contributed by atoms with van der Waals surface area (Å²) in [6.45, 7) is 2.64. The summed E-state index contributed by atoms with van der Waals surface area (Å²) in [7, 11) is 0. The molecule has 1 saturated heterocycles. The molecular weight excluding hydrogens is 446 g/mol. The number of amides is 2. The Morgan fingerprint density at radius 1 is 0.939 bits per heavy atom. The van der Waals surface area contributed by atoms with Crippen molar-refractivity contribution in [2.45, 2.75) is 29.1 Å². The summed E-state index contributed by atoms with van der Waals surface area (Å²) in [6.07, 6.45) is 2.51. The minimum Gasteiger partial charge on any atom is -0.473 e. The van der Waals surface area contributed by atoms with E-state index in [1.807, 2.05) is 46.2 Å². The topological polar surface area (TPSA) is 127 Å². The van der Waals surface area contributed by atoms with E-state index in [0.29, 0.717) is 6.42 Å². The molecule has 2 heterocycles. The van der Waals surface area contributed by atoms with E-state index < -0.39 is 11.9 Å². The molecule has 174 valence electrons. The van der Waals surface area contributed by atoms with Crippen molar-refractivity contribution in [3.05, 3.63) is 48.5 Å². The van der Waals surface area contributed by atoms with Gasteiger partial charge in [0.05, 0.1) is 17.9 Å². The third kappa shape index (κ3) is 6.33. The van der Waals surface area contributed by atoms with Gasteiger partial charge in [-0.25, -0.2) is 9.59 Å². The van der Waals surface area contributed by atoms with Crippen molar-refractivity contribution >= 4 is 46.9 Å². The van der Waals surface area contributed by atoms with E-state index in [9.17, 15) is 9.59 Å². The lowest BCUT2D eigenvalue weighted by molar-refractivity contribution is -0.159. The SMILES string of the molecule is O=C(O)C(=O)O.O=C1CCCN1CCCNCC(=O)N1c2ccccc2Sc2ccccc21. The fraction of sp³-hybridized carbons (Fsp3) is 0.304. The number of benzene rings is 2. The van der Waals surface area contributed by atoms with Crippen LogP contribution in [0, 0.1) is 0 Å². The van der Waals surface area contributed by atoms with Crippen molar-refractivity contribution in [2.75, 3.05) is 31.1 Å². The van der Waals surface area contributed by atoms with Gasteiger partial charge in [-0.3, -0.25) is 14.5 Å². The Hall–Kier alpha value is -3.37. The number of nitrogens with zero attached hydrogens (tertiary/aromatic N) is 2. The molecule has 4 rings (SSSR count). The molecule has 2 aromatic rings. The molecule has 0 aliphatic carbocycles. The molecule has 9 nitrogen and oxygen atoms in total. The molecular formula is C23H25N3O6S. The molecule has 0 unspecified atom stereocenters. The monoisotopic (exact) mass is 471 g/mol. The highest BCUT2D eigenvalue weighted by molar-refractivity contribution is 7.99. The van der Waals surface area contributed by atoms with Crippen LogP contribution in [0.15, 0.2) is 58.3 Å². The summed E-state index contributed by atoms with van der Waals surface area (Å²) >= 11 is 1.70. The van der Waals surface area contributed by atoms with Gasteiger partial charge in [-0.05, 0) is 43.7 Å². The normalized spacial score (nSPS) is 14.1. The zero-order valence-electron chi connectivity index (χ0n) is 17.9. The molecule has 2 aromatic carbocycles. The first-order valence-electron chi connectivity index (χ1n) is 10.5. The maximum Gasteiger partial charge on any atom is 0.414 e. The van der Waals surface area contributed by atoms with Gasteiger partial charge in [-0.2, -0.15) is 0 Å². The number of carboxylic acid groups (broad SMARTS) is 2. The van der Waals surface area contributed by atoms with Gasteiger partial charge in [0.15, 0.2) is 0 Å². The van der Waals surface area contributed by atoms with Gasteiger partial charge in [0, 0.05) is 29.3 Å². The van der Waals surface area contributed by atoms with Crippen LogP contribution in [0.1, 0.15) is 19.3 Å². The maximum atomic E-state index is 13.0. The van der Waals surface area contributed by atoms with Gasteiger partial charge in [0.2, 0.25) is 11.8 Å². The highest BCUT2D eigenvalue weighted by Crippen LogP contribution is 2.47. The summed E-state index contributed by atoms with van der Waals surface area (Å²) in [5.74, 6) is -3.36. The second-order valence-corrected chi connectivity index (χ2v) is 8.48. The van der Waals surface area contributed by atoms with E-state index >= 15 is 0 Å². The Morgan fingerprint density at radius 2 is 1.52 bits per heavy atom. The summed E-state index contributed by atoms with van der Waals surface area (Å²) in [6, 6.07) is 16.0. The average Bonchev–Trinajstić information content (AvgIpc) is 3.22. The van der Waals surface area contributed by atoms with E-state index in [1.165, 1.54) is 0 Å². The number of carbonyl (C=O) groups excluding carboxylic acids is 2. The molecule has 0 radical (unpaired) electrons. The number of anilines is 2. The van der Waals surface area contributed by atoms with Crippen LogP contribution in [0.4, 0.5) is 11.4 Å². The molecule has 0 aromatic heterocycles. The largest absolute Gasteiger partial charge is 0.473 e. The van der Waals surface area contributed by atoms with Gasteiger partial charge in [-0.15, -0.1) is 0 Å². The smallest absolute Gasteiger partial charge is 0.414 e. The third-order valence-corrected chi connectivity index (χ3v) is 6.22. The molecule has 2 aliphatic rings. The number of likely N-dealkylation sites (tertiary alicyclic amines) is 1. The summed E-state index contributed by atoms with van der Waals surface area (Å²) in [5.41, 5.74) is 1.88. The number of fused-ring (bicyclic) bond motifs is 2. The van der Waals surface area contributed by atoms with E-state index in [-0.39, 0.29) is 18.4 Å². The second-order valence-electron chi connectivity index (χ2n) is 7.39. The molecule has 0 spiro atoms. The van der Waals surface area contributed by atoms with Crippen molar-refractivity contribution in [3.8, 4) is 0 Å². The van der Waals surface area contributed by atoms with E-state index in [4.69, 9.17) is 19.8 Å². The quantitative estimate of drug-likeness (QED) is 0.433. The van der Waals surface area contributed by atoms with Crippen LogP contribution in [-0.4, -0.2) is 65.0 Å². The van der Waals surface area contributed by atoms with Crippen molar-refractivity contribution in [3.63, 3.8) is 0 Å². The van der Waals surface area contributed by atoms with Gasteiger partial charge in [-0.1, -0.05) is 36.0 Å². The van der Waals surface area contributed by atoms with Crippen LogP contribution < -0.4 is 10.2 Å². The van der Waals surface area contributed by atoms with Crippen LogP contribution in [0.5, 0.6) is 0 Å². The second kappa shape index (κ2) is 11.5. The number of aliphatic carboxylic acids is 2. The summed E-state index contributed by atoms with van der Waals surface area (Å²) in [4.78, 5) is 48.7. The molecule has 10 heteroatoms. The first-order valence-corrected chi connectivity index (χ1v) is 11.3. The number of carboxylic acids is 2. The van der Waals surface area contributed by atoms with Gasteiger partial charge in [0.25, 0.3) is 0 Å². The van der Waals surface area contributed by atoms with Gasteiger partial charge >= 0.3 is 11.9 Å². The first kappa shape index (κ1) is 24.3. The van der Waals surface area contributed by atoms with Crippen molar-refractivity contribution in [1.29, 1.82) is 0 Å². The molecule has 1 fully saturated rings. The molecule has 0 saturated carbocycles. The lowest BCUT2D eigenvalue weighted by Gasteiger charge is -2.31. The Kier molecular flexibility index (Phi) is 8.45. The number of hydrogen-bond acceptors (Lipinski definition) is 6. The van der Waals surface area contributed by atoms with Crippen molar-refractivity contribution < 1.29 is 29.4 Å². The fourth-order valence-electron chi connectivity index (χ4n) is 3.58. The standard InChI is InChI=1S/C21H23N3O2S.C2H2O4/c25-20-11-5-13-23(20)14-6-12-22-15-21(26)24-16-7-1-3-9-18(16)27-19-10-4-2-8-17(19)24;3-1(4)2(5)6/h1-4,7-10,22H,5-6,11-15H2;(H,3,4)(H,5,6). The predicted octanol–water partition coefficient (Wildman–Crippen LogP) is 2.57. The molecule has 33 heavy (non-hydrogen) atoms. The highest BCUT2D eigenvalue weighted by Gasteiger charge is 2.27. The van der Waals surface area contributed by atoms with Gasteiger partial charge in [0.1, 0.15) is 0 Å². The molecule has 2 amide bonds. The lowest BCUT2D eigenvalue weighted by atomic mass is 10.2. The Balaban J connectivity index is 0.000000454. The molecule has 0 atom stereocenters. The molecule has 2 aliphatic heterocycles. The summed E-state index contributed by atoms with van der Waals surface area (Å²) < 4.78 is 0. The van der Waals surface area contributed by atoms with E-state index in [2.05, 4.69) is 17.4 Å². The third-order valence-electron chi connectivity index (χ3n) is 5.09. The predicted molar refractivity (Wildman–Crippen MR) is 123 cm³/mol. The maximum absolute atomic E-state index is 13.0. The molecule has 0 bridgehead atoms. The lowest BCUT2D eigenvalue weighted by Crippen LogP contribution is -2.37. The number of rotatable bonds is 6. The highest BCUT2D eigenvalue weighted by atomic mass is 32.2. The van der Waals surface area contributed by atoms with Crippen LogP contribution in [-0.2, 0) is 19.2 Å². The minimum atomic E-state index is -1.82. The van der Waals surface area contributed by atoms with Crippen LogP contribution in [0.3, 0.4) is 0 Å². The van der Waals surface area contributed by atoms with Crippen molar-refractivity contribution in [2.24, 2.45) is 0 Å². The van der Waals surface area contributed by atoms with E-state index in [1.54, 1.807) is 11.8 Å². The number of para-hydroxylation sites is 2. The van der Waals surface area contributed by atoms with Gasteiger partial charge < -0.3 is 20.4 Å². The number of nitrogens with one attached hydrogen (secondary N) is 1. The summed E-state index contributed by atoms with van der Waals surface area (Å²) in [5, 5.41) is 18.0. The Labute approximate surface area is 195 Å². The fourth-order valence-corrected chi connectivity index (χ4v) is 4.64. The minimum absolute atomic E-state index is 0.0347. The number of carbonyl (C=O) groups is 4. The zero-order valence-corrected chi connectivity index (χ0v) is 18.7. The average molecular weight is 472 g/mol. The van der Waals surface area contributed by atoms with E-state index in [0.717, 1.165) is 53.6 Å². The zero-order chi connectivity index (χ0) is 23.8. The first-order chi connectivity index (χ1) is 15.9. The van der Waals surface area contributed by atoms with Crippen LogP contribution in [0.25, 0.3) is 0 Å². The molecule has 3 N–H and O–H groups in total. The van der Waals surface area contributed by atoms with Crippen molar-refractivity contribution in [1.82, 2.24) is 10.2 Å². The Morgan fingerprint density at radius 3 is 2.03 bits per heavy atom. The van der Waals surface area contributed by atoms with Crippen LogP contribution in [0.2, 0.25) is 0 Å².